The second-order valence-corrected chi connectivity index (χ2v) is 5.64. The molecular weight excluding hydrogens is 244 g/mol. The molecule has 1 saturated heterocycles. The van der Waals surface area contributed by atoms with Gasteiger partial charge < -0.3 is 10.6 Å². The molecule has 1 saturated carbocycles. The minimum absolute atomic E-state index is 0.346. The van der Waals surface area contributed by atoms with Crippen LogP contribution in [0.3, 0.4) is 0 Å². The minimum atomic E-state index is 0.346. The fourth-order valence-electron chi connectivity index (χ4n) is 3.33. The number of hydrogen-bond donors (Lipinski definition) is 1. The molecule has 2 heterocycles. The van der Waals surface area contributed by atoms with E-state index in [1.165, 1.54) is 32.1 Å². The summed E-state index contributed by atoms with van der Waals surface area (Å²) < 4.78 is 0. The summed E-state index contributed by atoms with van der Waals surface area (Å²) in [6.07, 6.45) is 8.32. The van der Waals surface area contributed by atoms with E-state index in [9.17, 15) is 0 Å². The van der Waals surface area contributed by atoms with Gasteiger partial charge in [-0.3, -0.25) is 0 Å². The van der Waals surface area contributed by atoms with Crippen molar-refractivity contribution in [1.29, 1.82) is 0 Å². The third kappa shape index (κ3) is 2.07. The van der Waals surface area contributed by atoms with E-state index in [4.69, 9.17) is 18.0 Å². The number of fused-ring (bicyclic) bond motifs is 1. The lowest BCUT2D eigenvalue weighted by Gasteiger charge is -2.37. The minimum Gasteiger partial charge on any atom is -0.388 e. The molecule has 0 amide bonds. The van der Waals surface area contributed by atoms with Crippen molar-refractivity contribution in [2.75, 3.05) is 11.4 Å². The Morgan fingerprint density at radius 3 is 3.00 bits per heavy atom. The van der Waals surface area contributed by atoms with Gasteiger partial charge in [0, 0.05) is 18.8 Å². The molecule has 0 bridgehead atoms. The van der Waals surface area contributed by atoms with Crippen molar-refractivity contribution in [1.82, 2.24) is 9.97 Å². The zero-order valence-electron chi connectivity index (χ0n) is 10.4. The highest BCUT2D eigenvalue weighted by molar-refractivity contribution is 7.80. The van der Waals surface area contributed by atoms with Crippen molar-refractivity contribution in [2.24, 2.45) is 11.7 Å². The van der Waals surface area contributed by atoms with Gasteiger partial charge in [-0.05, 0) is 37.7 Å². The van der Waals surface area contributed by atoms with E-state index < -0.39 is 0 Å². The molecule has 0 spiro atoms. The van der Waals surface area contributed by atoms with Gasteiger partial charge in [-0.25, -0.2) is 9.97 Å². The first-order valence-electron chi connectivity index (χ1n) is 6.65. The van der Waals surface area contributed by atoms with Crippen LogP contribution in [-0.4, -0.2) is 27.5 Å². The Labute approximate surface area is 113 Å². The lowest BCUT2D eigenvalue weighted by atomic mass is 9.92. The van der Waals surface area contributed by atoms with Gasteiger partial charge in [-0.2, -0.15) is 0 Å². The summed E-state index contributed by atoms with van der Waals surface area (Å²) in [6.45, 7) is 1.06. The summed E-state index contributed by atoms with van der Waals surface area (Å²) in [6, 6.07) is 2.40. The van der Waals surface area contributed by atoms with Crippen LogP contribution in [-0.2, 0) is 0 Å². The smallest absolute Gasteiger partial charge is 0.226 e. The maximum absolute atomic E-state index is 5.64. The molecule has 0 aromatic carbocycles. The first-order chi connectivity index (χ1) is 8.75. The highest BCUT2D eigenvalue weighted by Gasteiger charge is 2.36. The summed E-state index contributed by atoms with van der Waals surface area (Å²) in [5.74, 6) is 1.63. The van der Waals surface area contributed by atoms with E-state index in [0.29, 0.717) is 16.7 Å². The molecule has 96 valence electrons. The highest BCUT2D eigenvalue weighted by Crippen LogP contribution is 2.37. The molecular formula is C13H18N4S. The molecule has 2 atom stereocenters. The summed E-state index contributed by atoms with van der Waals surface area (Å²) in [5.41, 5.74) is 6.32. The van der Waals surface area contributed by atoms with Crippen LogP contribution < -0.4 is 10.6 Å². The van der Waals surface area contributed by atoms with E-state index in [1.54, 1.807) is 12.3 Å². The Morgan fingerprint density at radius 2 is 2.17 bits per heavy atom. The number of piperidine rings is 1. The van der Waals surface area contributed by atoms with Gasteiger partial charge in [0.2, 0.25) is 5.95 Å². The van der Waals surface area contributed by atoms with Gasteiger partial charge in [-0.15, -0.1) is 0 Å². The van der Waals surface area contributed by atoms with Gasteiger partial charge in [0.1, 0.15) is 10.7 Å². The number of nitrogens with zero attached hydrogens (tertiary/aromatic N) is 3. The van der Waals surface area contributed by atoms with E-state index >= 15 is 0 Å². The summed E-state index contributed by atoms with van der Waals surface area (Å²) >= 11 is 4.99. The van der Waals surface area contributed by atoms with Gasteiger partial charge >= 0.3 is 0 Å². The van der Waals surface area contributed by atoms with E-state index in [-0.39, 0.29) is 0 Å². The van der Waals surface area contributed by atoms with Crippen molar-refractivity contribution >= 4 is 23.2 Å². The summed E-state index contributed by atoms with van der Waals surface area (Å²) in [5, 5.41) is 0. The van der Waals surface area contributed by atoms with Crippen LogP contribution in [0.2, 0.25) is 0 Å². The van der Waals surface area contributed by atoms with Crippen LogP contribution in [0.15, 0.2) is 12.3 Å². The van der Waals surface area contributed by atoms with Gasteiger partial charge in [0.25, 0.3) is 0 Å². The quantitative estimate of drug-likeness (QED) is 0.825. The number of nitrogens with two attached hydrogens (primary N) is 1. The van der Waals surface area contributed by atoms with Crippen molar-refractivity contribution < 1.29 is 0 Å². The molecule has 18 heavy (non-hydrogen) atoms. The Balaban J connectivity index is 1.89. The third-order valence-corrected chi connectivity index (χ3v) is 4.35. The molecule has 1 aromatic heterocycles. The van der Waals surface area contributed by atoms with Crippen LogP contribution in [0, 0.1) is 5.92 Å². The monoisotopic (exact) mass is 262 g/mol. The zero-order valence-corrected chi connectivity index (χ0v) is 11.2. The Morgan fingerprint density at radius 1 is 1.33 bits per heavy atom. The molecule has 1 aliphatic heterocycles. The summed E-state index contributed by atoms with van der Waals surface area (Å²) in [4.78, 5) is 11.6. The lowest BCUT2D eigenvalue weighted by Crippen LogP contribution is -2.43. The largest absolute Gasteiger partial charge is 0.388 e. The van der Waals surface area contributed by atoms with Crippen molar-refractivity contribution in [3.8, 4) is 0 Å². The van der Waals surface area contributed by atoms with Crippen LogP contribution in [0.25, 0.3) is 0 Å². The molecule has 4 nitrogen and oxygen atoms in total. The van der Waals surface area contributed by atoms with Crippen LogP contribution in [0.1, 0.15) is 37.8 Å². The van der Waals surface area contributed by atoms with E-state index in [1.807, 2.05) is 0 Å². The summed E-state index contributed by atoms with van der Waals surface area (Å²) in [7, 11) is 0. The average Bonchev–Trinajstić information content (AvgIpc) is 2.87. The number of aromatic nitrogens is 2. The fraction of sp³-hybridized carbons (Fsp3) is 0.615. The van der Waals surface area contributed by atoms with Crippen molar-refractivity contribution in [3.63, 3.8) is 0 Å². The maximum Gasteiger partial charge on any atom is 0.226 e. The number of hydrogen-bond acceptors (Lipinski definition) is 4. The first kappa shape index (κ1) is 11.8. The Bertz CT molecular complexity index is 462. The van der Waals surface area contributed by atoms with E-state index in [0.717, 1.165) is 18.4 Å². The lowest BCUT2D eigenvalue weighted by molar-refractivity contribution is 0.358. The number of thiocarbonyl (C=S) groups is 1. The topological polar surface area (TPSA) is 55.0 Å². The van der Waals surface area contributed by atoms with Crippen LogP contribution in [0.4, 0.5) is 5.95 Å². The second kappa shape index (κ2) is 4.80. The first-order valence-corrected chi connectivity index (χ1v) is 7.06. The number of anilines is 1. The van der Waals surface area contributed by atoms with Gasteiger partial charge in [0.15, 0.2) is 0 Å². The molecule has 5 heteroatoms. The molecule has 2 unspecified atom stereocenters. The average molecular weight is 262 g/mol. The predicted octanol–water partition coefficient (Wildman–Crippen LogP) is 1.88. The highest BCUT2D eigenvalue weighted by atomic mass is 32.1. The number of rotatable bonds is 2. The third-order valence-electron chi connectivity index (χ3n) is 4.15. The fourth-order valence-corrected chi connectivity index (χ4v) is 3.44. The zero-order chi connectivity index (χ0) is 12.5. The van der Waals surface area contributed by atoms with Crippen molar-refractivity contribution in [3.05, 3.63) is 18.0 Å². The Hall–Kier alpha value is -1.23. The van der Waals surface area contributed by atoms with Crippen molar-refractivity contribution in [2.45, 2.75) is 38.1 Å². The second-order valence-electron chi connectivity index (χ2n) is 5.20. The normalized spacial score (nSPS) is 27.0. The maximum atomic E-state index is 5.64. The van der Waals surface area contributed by atoms with Gasteiger partial charge in [-0.1, -0.05) is 18.6 Å². The standard InChI is InChI=1S/C13H18N4S/c14-12(18)10-6-7-15-13(16-10)17-8-2-4-9-3-1-5-11(9)17/h6-7,9,11H,1-5,8H2,(H2,14,18). The molecule has 3 rings (SSSR count). The SMILES string of the molecule is NC(=S)c1ccnc(N2CCCC3CCCC32)n1. The van der Waals surface area contributed by atoms with Gasteiger partial charge in [0.05, 0.1) is 0 Å². The van der Waals surface area contributed by atoms with E-state index in [2.05, 4.69) is 14.9 Å². The van der Waals surface area contributed by atoms with Crippen LogP contribution in [0.5, 0.6) is 0 Å². The van der Waals surface area contributed by atoms with Crippen LogP contribution >= 0.6 is 12.2 Å². The molecule has 1 aliphatic carbocycles. The molecule has 0 radical (unpaired) electrons. The molecule has 2 aliphatic rings. The molecule has 2 fully saturated rings. The molecule has 2 N–H and O–H groups in total. The molecule has 1 aromatic rings. The Kier molecular flexibility index (Phi) is 3.16. The predicted molar refractivity (Wildman–Crippen MR) is 75.6 cm³/mol.